The van der Waals surface area contributed by atoms with Crippen molar-refractivity contribution in [2.24, 2.45) is 0 Å². The summed E-state index contributed by atoms with van der Waals surface area (Å²) in [6.07, 6.45) is 2.84. The molecule has 2 N–H and O–H groups in total. The molecule has 5 nitrogen and oxygen atoms in total. The molecule has 1 saturated carbocycles. The number of carboxylic acid groups (broad SMARTS) is 1. The summed E-state index contributed by atoms with van der Waals surface area (Å²) in [4.78, 5) is 23.3. The van der Waals surface area contributed by atoms with Gasteiger partial charge >= 0.3 is 5.97 Å². The first-order valence-corrected chi connectivity index (χ1v) is 9.02. The monoisotopic (exact) mass is 371 g/mol. The Morgan fingerprint density at radius 3 is 2.48 bits per heavy atom. The van der Waals surface area contributed by atoms with E-state index in [0.717, 1.165) is 6.42 Å². The van der Waals surface area contributed by atoms with Crippen LogP contribution in [0.1, 0.15) is 37.7 Å². The molecule has 2 aromatic carbocycles. The van der Waals surface area contributed by atoms with Crippen LogP contribution in [0.25, 0.3) is 0 Å². The van der Waals surface area contributed by atoms with Crippen molar-refractivity contribution in [1.29, 1.82) is 0 Å². The maximum atomic E-state index is 13.6. The molecule has 0 saturated heterocycles. The molecule has 0 radical (unpaired) electrons. The van der Waals surface area contributed by atoms with Crippen molar-refractivity contribution in [3.8, 4) is 5.75 Å². The summed E-state index contributed by atoms with van der Waals surface area (Å²) in [5.74, 6) is -0.702. The highest BCUT2D eigenvalue weighted by Gasteiger charge is 2.45. The molecule has 27 heavy (non-hydrogen) atoms. The molecule has 3 rings (SSSR count). The fourth-order valence-electron chi connectivity index (χ4n) is 3.26. The molecule has 0 unspecified atom stereocenters. The number of benzene rings is 2. The van der Waals surface area contributed by atoms with Gasteiger partial charge in [-0.25, -0.2) is 4.39 Å². The number of aliphatic carboxylic acids is 1. The molecule has 0 bridgehead atoms. The predicted octanol–water partition coefficient (Wildman–Crippen LogP) is 4.13. The number of amides is 1. The van der Waals surface area contributed by atoms with Gasteiger partial charge < -0.3 is 15.2 Å². The predicted molar refractivity (Wildman–Crippen MR) is 99.4 cm³/mol. The van der Waals surface area contributed by atoms with E-state index in [1.807, 2.05) is 0 Å². The Morgan fingerprint density at radius 1 is 1.15 bits per heavy atom. The lowest BCUT2D eigenvalue weighted by Crippen LogP contribution is -2.46. The zero-order valence-electron chi connectivity index (χ0n) is 14.9. The number of rotatable bonds is 8. The molecule has 1 amide bonds. The average molecular weight is 371 g/mol. The topological polar surface area (TPSA) is 75.6 Å². The van der Waals surface area contributed by atoms with Gasteiger partial charge in [-0.3, -0.25) is 9.59 Å². The minimum atomic E-state index is -0.847. The summed E-state index contributed by atoms with van der Waals surface area (Å²) >= 11 is 0. The fourth-order valence-corrected chi connectivity index (χ4v) is 3.26. The van der Waals surface area contributed by atoms with E-state index in [0.29, 0.717) is 42.9 Å². The van der Waals surface area contributed by atoms with E-state index in [9.17, 15) is 14.0 Å². The number of ether oxygens (including phenoxy) is 1. The zero-order valence-corrected chi connectivity index (χ0v) is 14.9. The van der Waals surface area contributed by atoms with Crippen molar-refractivity contribution in [3.05, 3.63) is 59.9 Å². The van der Waals surface area contributed by atoms with Gasteiger partial charge in [0.25, 0.3) is 0 Å². The van der Waals surface area contributed by atoms with Crippen LogP contribution in [0, 0.1) is 5.82 Å². The lowest BCUT2D eigenvalue weighted by Gasteiger charge is -2.40. The van der Waals surface area contributed by atoms with Gasteiger partial charge in [0.1, 0.15) is 11.6 Å². The smallest absolute Gasteiger partial charge is 0.303 e. The molecule has 0 aliphatic heterocycles. The number of carbonyl (C=O) groups is 2. The first-order valence-electron chi connectivity index (χ1n) is 9.02. The van der Waals surface area contributed by atoms with Crippen molar-refractivity contribution in [2.45, 2.75) is 37.5 Å². The highest BCUT2D eigenvalue weighted by atomic mass is 19.1. The van der Waals surface area contributed by atoms with E-state index in [1.165, 1.54) is 12.1 Å². The molecule has 1 fully saturated rings. The molecule has 0 aromatic heterocycles. The van der Waals surface area contributed by atoms with Gasteiger partial charge in [-0.2, -0.15) is 0 Å². The van der Waals surface area contributed by atoms with Gasteiger partial charge in [0, 0.05) is 12.1 Å². The van der Waals surface area contributed by atoms with Gasteiger partial charge in [0.05, 0.1) is 12.0 Å². The molecule has 2 aromatic rings. The molecular weight excluding hydrogens is 349 g/mol. The molecule has 1 aliphatic carbocycles. The van der Waals surface area contributed by atoms with E-state index in [1.54, 1.807) is 36.4 Å². The number of nitrogens with one attached hydrogen (secondary N) is 1. The summed E-state index contributed by atoms with van der Waals surface area (Å²) < 4.78 is 19.1. The maximum absolute atomic E-state index is 13.6. The number of halogens is 1. The Bertz CT molecular complexity index is 815. The Balaban J connectivity index is 1.61. The van der Waals surface area contributed by atoms with Gasteiger partial charge in [-0.05, 0) is 61.2 Å². The number of carbonyl (C=O) groups excluding carboxylic acids is 1. The first kappa shape index (κ1) is 18.9. The molecule has 142 valence electrons. The number of anilines is 1. The van der Waals surface area contributed by atoms with Crippen LogP contribution in [0.3, 0.4) is 0 Å². The Morgan fingerprint density at radius 2 is 1.89 bits per heavy atom. The van der Waals surface area contributed by atoms with E-state index in [4.69, 9.17) is 9.84 Å². The summed E-state index contributed by atoms with van der Waals surface area (Å²) in [7, 11) is 0. The molecule has 1 aliphatic rings. The molecular formula is C21H22FNO4. The van der Waals surface area contributed by atoms with E-state index < -0.39 is 11.4 Å². The second-order valence-electron chi connectivity index (χ2n) is 6.77. The van der Waals surface area contributed by atoms with E-state index in [-0.39, 0.29) is 18.1 Å². The van der Waals surface area contributed by atoms with Crippen LogP contribution < -0.4 is 10.1 Å². The van der Waals surface area contributed by atoms with E-state index in [2.05, 4.69) is 5.32 Å². The minimum absolute atomic E-state index is 0.0658. The second-order valence-corrected chi connectivity index (χ2v) is 6.77. The van der Waals surface area contributed by atoms with Crippen LogP contribution in [-0.4, -0.2) is 23.6 Å². The highest BCUT2D eigenvalue weighted by molar-refractivity contribution is 6.00. The van der Waals surface area contributed by atoms with Crippen molar-refractivity contribution in [3.63, 3.8) is 0 Å². The Kier molecular flexibility index (Phi) is 5.74. The lowest BCUT2D eigenvalue weighted by molar-refractivity contribution is -0.137. The van der Waals surface area contributed by atoms with Crippen LogP contribution in [0.5, 0.6) is 5.75 Å². The quantitative estimate of drug-likeness (QED) is 0.684. The SMILES string of the molecule is O=C(O)CCCOc1ccc(NC(=O)C2(c3cccc(F)c3)CCC2)cc1. The van der Waals surface area contributed by atoms with Crippen LogP contribution in [0.15, 0.2) is 48.5 Å². The third kappa shape index (κ3) is 4.45. The van der Waals surface area contributed by atoms with Crippen LogP contribution in [0.2, 0.25) is 0 Å². The standard InChI is InChI=1S/C21H22FNO4/c22-16-5-1-4-15(14-16)21(11-3-12-21)20(26)23-17-7-9-18(10-8-17)27-13-2-6-19(24)25/h1,4-5,7-10,14H,2-3,6,11-13H2,(H,23,26)(H,24,25). The van der Waals surface area contributed by atoms with Gasteiger partial charge in [0.2, 0.25) is 5.91 Å². The van der Waals surface area contributed by atoms with Crippen LogP contribution in [0.4, 0.5) is 10.1 Å². The Labute approximate surface area is 157 Å². The van der Waals surface area contributed by atoms with Crippen LogP contribution in [-0.2, 0) is 15.0 Å². The second kappa shape index (κ2) is 8.20. The van der Waals surface area contributed by atoms with Crippen molar-refractivity contribution in [1.82, 2.24) is 0 Å². The highest BCUT2D eigenvalue weighted by Crippen LogP contribution is 2.44. The molecule has 0 atom stereocenters. The van der Waals surface area contributed by atoms with Crippen molar-refractivity contribution < 1.29 is 23.8 Å². The summed E-state index contributed by atoms with van der Waals surface area (Å²) in [6.45, 7) is 0.320. The Hall–Kier alpha value is -2.89. The van der Waals surface area contributed by atoms with Crippen molar-refractivity contribution >= 4 is 17.6 Å². The molecule has 0 spiro atoms. The lowest BCUT2D eigenvalue weighted by atomic mass is 9.63. The summed E-state index contributed by atoms with van der Waals surface area (Å²) in [6, 6.07) is 13.2. The number of hydrogen-bond acceptors (Lipinski definition) is 3. The van der Waals surface area contributed by atoms with E-state index >= 15 is 0 Å². The van der Waals surface area contributed by atoms with Crippen LogP contribution >= 0.6 is 0 Å². The third-order valence-electron chi connectivity index (χ3n) is 4.93. The van der Waals surface area contributed by atoms with Gasteiger partial charge in [-0.15, -0.1) is 0 Å². The number of hydrogen-bond donors (Lipinski definition) is 2. The largest absolute Gasteiger partial charge is 0.494 e. The first-order chi connectivity index (χ1) is 13.0. The minimum Gasteiger partial charge on any atom is -0.494 e. The summed E-state index contributed by atoms with van der Waals surface area (Å²) in [5.41, 5.74) is 0.680. The molecule has 6 heteroatoms. The fraction of sp³-hybridized carbons (Fsp3) is 0.333. The van der Waals surface area contributed by atoms with Crippen molar-refractivity contribution in [2.75, 3.05) is 11.9 Å². The normalized spacial score (nSPS) is 14.9. The number of carboxylic acids is 1. The zero-order chi connectivity index (χ0) is 19.3. The third-order valence-corrected chi connectivity index (χ3v) is 4.93. The summed E-state index contributed by atoms with van der Waals surface area (Å²) in [5, 5.41) is 11.5. The average Bonchev–Trinajstić information content (AvgIpc) is 2.59. The maximum Gasteiger partial charge on any atom is 0.303 e. The molecule has 0 heterocycles. The van der Waals surface area contributed by atoms with Gasteiger partial charge in [0.15, 0.2) is 0 Å². The van der Waals surface area contributed by atoms with Gasteiger partial charge in [-0.1, -0.05) is 18.6 Å².